The number of rotatable bonds is 0. The Hall–Kier alpha value is -3.38. The smallest absolute Gasteiger partial charge is 0.00695 e. The van der Waals surface area contributed by atoms with Crippen LogP contribution in [0.25, 0.3) is 53.9 Å². The maximum atomic E-state index is 2.37. The Morgan fingerprint density at radius 3 is 2.11 bits per heavy atom. The Morgan fingerprint density at radius 2 is 1.18 bits per heavy atom. The number of hydrogen-bond donors (Lipinski definition) is 0. The quantitative estimate of drug-likeness (QED) is 0.191. The van der Waals surface area contributed by atoms with E-state index in [1.54, 1.807) is 0 Å². The molecule has 132 valence electrons. The van der Waals surface area contributed by atoms with Crippen LogP contribution in [0.2, 0.25) is 0 Å². The van der Waals surface area contributed by atoms with E-state index in [2.05, 4.69) is 98.8 Å². The molecular formula is C28H20. The number of fused-ring (bicyclic) bond motifs is 7. The molecule has 0 saturated heterocycles. The summed E-state index contributed by atoms with van der Waals surface area (Å²) >= 11 is 0. The topological polar surface area (TPSA) is 0 Å². The Bertz CT molecular complexity index is 1570. The molecule has 0 heteroatoms. The van der Waals surface area contributed by atoms with Gasteiger partial charge in [-0.25, -0.2) is 0 Å². The largest absolute Gasteiger partial charge is 0.0616 e. The van der Waals surface area contributed by atoms with Crippen LogP contribution >= 0.6 is 0 Å². The summed E-state index contributed by atoms with van der Waals surface area (Å²) in [5, 5.41) is 13.4. The minimum Gasteiger partial charge on any atom is -0.0616 e. The zero-order valence-corrected chi connectivity index (χ0v) is 16.1. The number of benzene rings is 6. The minimum atomic E-state index is 1.30. The Morgan fingerprint density at radius 1 is 0.429 bits per heavy atom. The molecule has 0 heterocycles. The van der Waals surface area contributed by atoms with E-state index in [1.165, 1.54) is 65.0 Å². The first kappa shape index (κ1) is 15.7. The average Bonchev–Trinajstić information content (AvgIpc) is 2.73. The molecule has 6 aromatic rings. The minimum absolute atomic E-state index is 1.30. The van der Waals surface area contributed by atoms with Gasteiger partial charge in [-0.2, -0.15) is 0 Å². The molecule has 0 nitrogen and oxygen atoms in total. The third-order valence-corrected chi connectivity index (χ3v) is 6.32. The Kier molecular flexibility index (Phi) is 3.11. The van der Waals surface area contributed by atoms with Crippen LogP contribution in [0, 0.1) is 13.8 Å². The molecule has 28 heavy (non-hydrogen) atoms. The second kappa shape index (κ2) is 5.56. The lowest BCUT2D eigenvalue weighted by Gasteiger charge is -2.14. The van der Waals surface area contributed by atoms with Crippen LogP contribution in [-0.4, -0.2) is 0 Å². The van der Waals surface area contributed by atoms with Crippen molar-refractivity contribution in [3.63, 3.8) is 0 Å². The van der Waals surface area contributed by atoms with E-state index in [0.29, 0.717) is 0 Å². The van der Waals surface area contributed by atoms with Crippen LogP contribution in [0.5, 0.6) is 0 Å². The van der Waals surface area contributed by atoms with Crippen LogP contribution in [0.3, 0.4) is 0 Å². The summed E-state index contributed by atoms with van der Waals surface area (Å²) in [7, 11) is 0. The first-order valence-electron chi connectivity index (χ1n) is 9.87. The van der Waals surface area contributed by atoms with Crippen molar-refractivity contribution in [1.82, 2.24) is 0 Å². The standard InChI is InChI=1S/C28H20/c1-17-6-5-8-20-15-27-18(2)28-21(14-22(27)16-26(17)20)11-12-24-23-9-4-3-7-19(23)10-13-25(24)28/h3-16H,1-2H3. The van der Waals surface area contributed by atoms with E-state index in [1.807, 2.05) is 0 Å². The fourth-order valence-corrected chi connectivity index (χ4v) is 4.89. The van der Waals surface area contributed by atoms with Gasteiger partial charge in [0.15, 0.2) is 0 Å². The summed E-state index contributed by atoms with van der Waals surface area (Å²) in [6, 6.07) is 31.5. The predicted octanol–water partition coefficient (Wildman–Crippen LogP) is 8.07. The highest BCUT2D eigenvalue weighted by Gasteiger charge is 2.11. The highest BCUT2D eigenvalue weighted by Crippen LogP contribution is 2.37. The first-order chi connectivity index (χ1) is 13.7. The molecule has 0 atom stereocenters. The predicted molar refractivity (Wildman–Crippen MR) is 123 cm³/mol. The summed E-state index contributed by atoms with van der Waals surface area (Å²) < 4.78 is 0. The van der Waals surface area contributed by atoms with Crippen molar-refractivity contribution in [3.8, 4) is 0 Å². The van der Waals surface area contributed by atoms with Crippen LogP contribution in [-0.2, 0) is 0 Å². The van der Waals surface area contributed by atoms with Crippen LogP contribution in [0.15, 0.2) is 84.9 Å². The van der Waals surface area contributed by atoms with E-state index in [0.717, 1.165) is 0 Å². The molecule has 0 radical (unpaired) electrons. The molecule has 0 aliphatic heterocycles. The number of hydrogen-bond acceptors (Lipinski definition) is 0. The van der Waals surface area contributed by atoms with Gasteiger partial charge in [-0.1, -0.05) is 66.7 Å². The third kappa shape index (κ3) is 2.06. The van der Waals surface area contributed by atoms with Gasteiger partial charge in [0.05, 0.1) is 0 Å². The van der Waals surface area contributed by atoms with Gasteiger partial charge in [0, 0.05) is 0 Å². The zero-order valence-electron chi connectivity index (χ0n) is 16.1. The van der Waals surface area contributed by atoms with Gasteiger partial charge >= 0.3 is 0 Å². The lowest BCUT2D eigenvalue weighted by molar-refractivity contribution is 1.53. The molecule has 0 fully saturated rings. The van der Waals surface area contributed by atoms with Gasteiger partial charge in [0.25, 0.3) is 0 Å². The van der Waals surface area contributed by atoms with Gasteiger partial charge in [-0.3, -0.25) is 0 Å². The van der Waals surface area contributed by atoms with Gasteiger partial charge in [-0.05, 0) is 97.0 Å². The van der Waals surface area contributed by atoms with Crippen molar-refractivity contribution in [2.24, 2.45) is 0 Å². The number of aryl methyl sites for hydroxylation is 2. The molecule has 0 aliphatic rings. The molecule has 6 rings (SSSR count). The van der Waals surface area contributed by atoms with Gasteiger partial charge in [0.2, 0.25) is 0 Å². The fraction of sp³-hybridized carbons (Fsp3) is 0.0714. The van der Waals surface area contributed by atoms with Crippen molar-refractivity contribution < 1.29 is 0 Å². The second-order valence-electron chi connectivity index (χ2n) is 7.92. The van der Waals surface area contributed by atoms with Crippen molar-refractivity contribution in [3.05, 3.63) is 96.1 Å². The molecular weight excluding hydrogens is 336 g/mol. The maximum absolute atomic E-state index is 2.37. The lowest BCUT2D eigenvalue weighted by atomic mass is 9.90. The summed E-state index contributed by atoms with van der Waals surface area (Å²) in [6.07, 6.45) is 0. The van der Waals surface area contributed by atoms with Crippen LogP contribution in [0.4, 0.5) is 0 Å². The van der Waals surface area contributed by atoms with E-state index >= 15 is 0 Å². The molecule has 0 unspecified atom stereocenters. The summed E-state index contributed by atoms with van der Waals surface area (Å²) in [4.78, 5) is 0. The summed E-state index contributed by atoms with van der Waals surface area (Å²) in [5.74, 6) is 0. The van der Waals surface area contributed by atoms with E-state index in [-0.39, 0.29) is 0 Å². The molecule has 0 aromatic heterocycles. The molecule has 0 spiro atoms. The second-order valence-corrected chi connectivity index (χ2v) is 7.92. The van der Waals surface area contributed by atoms with E-state index in [9.17, 15) is 0 Å². The normalized spacial score (nSPS) is 11.9. The molecule has 0 N–H and O–H groups in total. The highest BCUT2D eigenvalue weighted by molar-refractivity contribution is 6.21. The zero-order chi connectivity index (χ0) is 18.8. The maximum Gasteiger partial charge on any atom is -0.00695 e. The summed E-state index contributed by atoms with van der Waals surface area (Å²) in [6.45, 7) is 4.47. The monoisotopic (exact) mass is 356 g/mol. The first-order valence-corrected chi connectivity index (χ1v) is 9.87. The summed E-state index contributed by atoms with van der Waals surface area (Å²) in [5.41, 5.74) is 2.71. The van der Waals surface area contributed by atoms with Gasteiger partial charge in [0.1, 0.15) is 0 Å². The van der Waals surface area contributed by atoms with Crippen molar-refractivity contribution in [1.29, 1.82) is 0 Å². The molecule has 6 aromatic carbocycles. The fourth-order valence-electron chi connectivity index (χ4n) is 4.89. The van der Waals surface area contributed by atoms with Gasteiger partial charge < -0.3 is 0 Å². The van der Waals surface area contributed by atoms with E-state index in [4.69, 9.17) is 0 Å². The molecule has 0 aliphatic carbocycles. The average molecular weight is 356 g/mol. The van der Waals surface area contributed by atoms with Crippen molar-refractivity contribution in [2.45, 2.75) is 13.8 Å². The van der Waals surface area contributed by atoms with Crippen LogP contribution < -0.4 is 0 Å². The molecule has 0 amide bonds. The van der Waals surface area contributed by atoms with Crippen molar-refractivity contribution in [2.75, 3.05) is 0 Å². The van der Waals surface area contributed by atoms with Crippen molar-refractivity contribution >= 4 is 53.9 Å². The molecule has 0 bridgehead atoms. The van der Waals surface area contributed by atoms with Crippen LogP contribution in [0.1, 0.15) is 11.1 Å². The Balaban J connectivity index is 1.82. The highest BCUT2D eigenvalue weighted by atomic mass is 14.1. The lowest BCUT2D eigenvalue weighted by Crippen LogP contribution is -1.88. The Labute approximate surface area is 164 Å². The van der Waals surface area contributed by atoms with E-state index < -0.39 is 0 Å². The SMILES string of the molecule is Cc1cccc2cc3c(C)c4c(ccc5c6ccccc6ccc54)cc3cc12. The van der Waals surface area contributed by atoms with Gasteiger partial charge in [-0.15, -0.1) is 0 Å². The third-order valence-electron chi connectivity index (χ3n) is 6.32. The molecule has 0 saturated carbocycles.